The molecule has 28 heavy (non-hydrogen) atoms. The predicted octanol–water partition coefficient (Wildman–Crippen LogP) is 4.08. The minimum atomic E-state index is -0.412. The number of aryl methyl sites for hydroxylation is 1. The van der Waals surface area contributed by atoms with Crippen LogP contribution in [-0.4, -0.2) is 48.1 Å². The van der Waals surface area contributed by atoms with Crippen molar-refractivity contribution in [1.82, 2.24) is 14.9 Å². The molecule has 148 valence electrons. The Morgan fingerprint density at radius 2 is 1.86 bits per heavy atom. The first kappa shape index (κ1) is 21.1. The van der Waals surface area contributed by atoms with Crippen molar-refractivity contribution < 1.29 is 4.79 Å². The lowest BCUT2D eigenvalue weighted by Gasteiger charge is -2.12. The van der Waals surface area contributed by atoms with Crippen molar-refractivity contribution in [3.63, 3.8) is 0 Å². The third-order valence-corrected chi connectivity index (χ3v) is 3.95. The van der Waals surface area contributed by atoms with Crippen LogP contribution < -0.4 is 16.0 Å². The number of hydrogen-bond acceptors (Lipinski definition) is 5. The van der Waals surface area contributed by atoms with Crippen molar-refractivity contribution in [3.05, 3.63) is 54.2 Å². The topological polar surface area (TPSA) is 82.2 Å². The van der Waals surface area contributed by atoms with Gasteiger partial charge in [-0.25, -0.2) is 9.78 Å². The molecule has 0 aliphatic rings. The Morgan fingerprint density at radius 1 is 1.11 bits per heavy atom. The zero-order valence-electron chi connectivity index (χ0n) is 16.7. The molecule has 2 amide bonds. The van der Waals surface area contributed by atoms with Gasteiger partial charge < -0.3 is 15.5 Å². The first-order valence-electron chi connectivity index (χ1n) is 9.12. The maximum atomic E-state index is 12.3. The molecule has 0 unspecified atom stereocenters. The van der Waals surface area contributed by atoms with E-state index in [1.165, 1.54) is 0 Å². The van der Waals surface area contributed by atoms with Gasteiger partial charge in [0.25, 0.3) is 0 Å². The van der Waals surface area contributed by atoms with Crippen LogP contribution in [0.3, 0.4) is 0 Å². The van der Waals surface area contributed by atoms with E-state index in [0.717, 1.165) is 36.3 Å². The van der Waals surface area contributed by atoms with Gasteiger partial charge in [0.2, 0.25) is 5.95 Å². The number of benzene rings is 1. The summed E-state index contributed by atoms with van der Waals surface area (Å²) in [5, 5.41) is 8.72. The molecular formula is C21H28N6O. The molecular weight excluding hydrogens is 352 g/mol. The minimum absolute atomic E-state index is 0.249. The van der Waals surface area contributed by atoms with E-state index in [1.807, 2.05) is 39.2 Å². The van der Waals surface area contributed by atoms with Crippen LogP contribution in [0.15, 0.2) is 37.4 Å². The highest BCUT2D eigenvalue weighted by molar-refractivity contribution is 5.99. The summed E-state index contributed by atoms with van der Waals surface area (Å²) in [5.74, 6) is 0.935. The lowest BCUT2D eigenvalue weighted by Crippen LogP contribution is -2.22. The number of hydrogen-bond donors (Lipinski definition) is 3. The molecule has 3 N–H and O–H groups in total. The maximum absolute atomic E-state index is 12.3. The van der Waals surface area contributed by atoms with Gasteiger partial charge in [0.05, 0.1) is 0 Å². The summed E-state index contributed by atoms with van der Waals surface area (Å²) in [6, 6.07) is 6.95. The van der Waals surface area contributed by atoms with Crippen molar-refractivity contribution in [2.45, 2.75) is 13.3 Å². The second-order valence-electron chi connectivity index (χ2n) is 6.63. The summed E-state index contributed by atoms with van der Waals surface area (Å²) in [6.07, 6.45) is 4.46. The van der Waals surface area contributed by atoms with Crippen molar-refractivity contribution in [2.24, 2.45) is 0 Å². The van der Waals surface area contributed by atoms with Crippen molar-refractivity contribution in [3.8, 4) is 0 Å². The first-order valence-corrected chi connectivity index (χ1v) is 9.12. The van der Waals surface area contributed by atoms with Crippen LogP contribution in [-0.2, 0) is 0 Å². The van der Waals surface area contributed by atoms with Crippen LogP contribution in [0.5, 0.6) is 0 Å². The van der Waals surface area contributed by atoms with Crippen LogP contribution in [0, 0.1) is 6.92 Å². The van der Waals surface area contributed by atoms with E-state index in [-0.39, 0.29) is 5.95 Å². The Balaban J connectivity index is 1.99. The molecule has 7 heteroatoms. The van der Waals surface area contributed by atoms with Crippen LogP contribution >= 0.6 is 0 Å². The fraction of sp³-hybridized carbons (Fsp3) is 0.286. The van der Waals surface area contributed by atoms with Gasteiger partial charge in [-0.05, 0) is 57.2 Å². The smallest absolute Gasteiger partial charge is 0.326 e. The van der Waals surface area contributed by atoms with E-state index in [2.05, 4.69) is 44.0 Å². The minimum Gasteiger partial charge on any atom is -0.370 e. The molecule has 1 heterocycles. The molecule has 0 radical (unpaired) electrons. The van der Waals surface area contributed by atoms with E-state index in [4.69, 9.17) is 0 Å². The Kier molecular flexibility index (Phi) is 7.71. The lowest BCUT2D eigenvalue weighted by molar-refractivity contribution is 0.262. The molecule has 1 aromatic carbocycles. The van der Waals surface area contributed by atoms with Gasteiger partial charge in [0, 0.05) is 24.0 Å². The van der Waals surface area contributed by atoms with E-state index in [9.17, 15) is 4.79 Å². The second kappa shape index (κ2) is 10.2. The number of carbonyl (C=O) groups excluding carboxylic acids is 1. The number of nitrogens with zero attached hydrogens (tertiary/aromatic N) is 3. The van der Waals surface area contributed by atoms with Gasteiger partial charge in [-0.3, -0.25) is 5.32 Å². The lowest BCUT2D eigenvalue weighted by atomic mass is 10.1. The van der Waals surface area contributed by atoms with Crippen LogP contribution in [0.25, 0.3) is 12.2 Å². The Morgan fingerprint density at radius 3 is 2.54 bits per heavy atom. The number of urea groups is 1. The average Bonchev–Trinajstić information content (AvgIpc) is 2.64. The quantitative estimate of drug-likeness (QED) is 0.571. The highest BCUT2D eigenvalue weighted by Gasteiger charge is 2.08. The normalized spacial score (nSPS) is 10.4. The van der Waals surface area contributed by atoms with Crippen LogP contribution in [0.2, 0.25) is 0 Å². The molecule has 0 spiro atoms. The molecule has 2 aromatic rings. The van der Waals surface area contributed by atoms with Gasteiger partial charge in [-0.15, -0.1) is 0 Å². The summed E-state index contributed by atoms with van der Waals surface area (Å²) in [5.41, 5.74) is 3.26. The molecule has 1 aromatic heterocycles. The average molecular weight is 380 g/mol. The van der Waals surface area contributed by atoms with E-state index in [1.54, 1.807) is 18.2 Å². The molecule has 0 aliphatic carbocycles. The number of carbonyl (C=O) groups is 1. The Hall–Kier alpha value is -3.19. The van der Waals surface area contributed by atoms with E-state index in [0.29, 0.717) is 11.5 Å². The van der Waals surface area contributed by atoms with Crippen molar-refractivity contribution >= 4 is 35.6 Å². The molecule has 0 aliphatic heterocycles. The highest BCUT2D eigenvalue weighted by atomic mass is 16.2. The monoisotopic (exact) mass is 380 g/mol. The fourth-order valence-electron chi connectivity index (χ4n) is 2.61. The van der Waals surface area contributed by atoms with Gasteiger partial charge in [0.1, 0.15) is 5.82 Å². The van der Waals surface area contributed by atoms with Crippen LogP contribution in [0.1, 0.15) is 23.2 Å². The number of anilines is 3. The molecule has 0 atom stereocenters. The molecule has 2 rings (SSSR count). The summed E-state index contributed by atoms with van der Waals surface area (Å²) in [7, 11) is 4.08. The molecule has 0 fully saturated rings. The van der Waals surface area contributed by atoms with E-state index >= 15 is 0 Å². The third-order valence-electron chi connectivity index (χ3n) is 3.95. The van der Waals surface area contributed by atoms with Crippen LogP contribution in [0.4, 0.5) is 22.2 Å². The Labute approximate surface area is 166 Å². The van der Waals surface area contributed by atoms with Crippen molar-refractivity contribution in [2.75, 3.05) is 43.1 Å². The SMILES string of the molecule is C=Cc1ccc(NC(=O)Nc2nc(C)cc(NCCCN(C)C)n2)cc1C=C. The highest BCUT2D eigenvalue weighted by Crippen LogP contribution is 2.18. The third kappa shape index (κ3) is 6.51. The summed E-state index contributed by atoms with van der Waals surface area (Å²) >= 11 is 0. The van der Waals surface area contributed by atoms with Gasteiger partial charge >= 0.3 is 6.03 Å². The zero-order chi connectivity index (χ0) is 20.5. The largest absolute Gasteiger partial charge is 0.370 e. The first-order chi connectivity index (χ1) is 13.4. The number of rotatable bonds is 9. The number of amides is 2. The van der Waals surface area contributed by atoms with E-state index < -0.39 is 6.03 Å². The Bertz CT molecular complexity index is 847. The summed E-state index contributed by atoms with van der Waals surface area (Å²) in [6.45, 7) is 11.2. The summed E-state index contributed by atoms with van der Waals surface area (Å²) in [4.78, 5) is 23.1. The molecule has 7 nitrogen and oxygen atoms in total. The predicted molar refractivity (Wildman–Crippen MR) is 118 cm³/mol. The van der Waals surface area contributed by atoms with Crippen molar-refractivity contribution in [1.29, 1.82) is 0 Å². The van der Waals surface area contributed by atoms with Gasteiger partial charge in [0.15, 0.2) is 0 Å². The van der Waals surface area contributed by atoms with Gasteiger partial charge in [-0.2, -0.15) is 4.98 Å². The second-order valence-corrected chi connectivity index (χ2v) is 6.63. The molecule has 0 saturated heterocycles. The number of nitrogens with one attached hydrogen (secondary N) is 3. The van der Waals surface area contributed by atoms with Gasteiger partial charge in [-0.1, -0.05) is 31.4 Å². The maximum Gasteiger partial charge on any atom is 0.326 e. The standard InChI is InChI=1S/C21H28N6O/c1-6-16-9-10-18(14-17(16)7-2)24-21(28)26-20-23-15(3)13-19(25-20)22-11-8-12-27(4)5/h6-7,9-10,13-14H,1-2,8,11-12H2,3-5H3,(H3,22,23,24,25,26,28). The number of aromatic nitrogens is 2. The molecule has 0 bridgehead atoms. The fourth-order valence-corrected chi connectivity index (χ4v) is 2.61. The zero-order valence-corrected chi connectivity index (χ0v) is 16.7. The molecule has 0 saturated carbocycles. The summed E-state index contributed by atoms with van der Waals surface area (Å²) < 4.78 is 0.